The number of carboxylic acids is 1. The van der Waals surface area contributed by atoms with Gasteiger partial charge in [-0.05, 0) is 30.2 Å². The van der Waals surface area contributed by atoms with Gasteiger partial charge in [0.05, 0.1) is 11.6 Å². The van der Waals surface area contributed by atoms with Crippen LogP contribution in [0, 0.1) is 18.7 Å². The van der Waals surface area contributed by atoms with Gasteiger partial charge in [-0.2, -0.15) is 0 Å². The molecular weight excluding hydrogens is 351 g/mol. The van der Waals surface area contributed by atoms with Crippen molar-refractivity contribution in [2.45, 2.75) is 13.8 Å². The van der Waals surface area contributed by atoms with Crippen molar-refractivity contribution in [2.75, 3.05) is 11.9 Å². The van der Waals surface area contributed by atoms with Crippen LogP contribution in [0.15, 0.2) is 48.5 Å². The number of nitrogens with one attached hydrogen (secondary N) is 1. The predicted octanol–water partition coefficient (Wildman–Crippen LogP) is 5.06. The summed E-state index contributed by atoms with van der Waals surface area (Å²) in [5, 5.41) is 12.8. The van der Waals surface area contributed by atoms with Crippen LogP contribution in [0.3, 0.4) is 0 Å². The van der Waals surface area contributed by atoms with Gasteiger partial charge >= 0.3 is 5.97 Å². The smallest absolute Gasteiger partial charge is 0.308 e. The Morgan fingerprint density at radius 3 is 2.23 bits per heavy atom. The SMILES string of the molecule is Cc1sc(NCC(C)C(=O)O)nc1-c1ccc(-c2ccc(F)cc2)cc1. The Balaban J connectivity index is 1.77. The Bertz CT molecular complexity index is 905. The number of aliphatic carboxylic acids is 1. The molecule has 1 unspecified atom stereocenters. The van der Waals surface area contributed by atoms with Crippen molar-refractivity contribution in [3.05, 3.63) is 59.2 Å². The topological polar surface area (TPSA) is 62.2 Å². The standard InChI is InChI=1S/C20H19FN2O2S/c1-12(19(24)25)11-22-20-23-18(13(2)26-20)16-5-3-14(4-6-16)15-7-9-17(21)10-8-15/h3-10,12H,11H2,1-2H3,(H,22,23)(H,24,25). The van der Waals surface area contributed by atoms with Crippen molar-refractivity contribution in [3.63, 3.8) is 0 Å². The zero-order chi connectivity index (χ0) is 18.7. The van der Waals surface area contributed by atoms with Gasteiger partial charge in [0, 0.05) is 17.0 Å². The van der Waals surface area contributed by atoms with Crippen molar-refractivity contribution >= 4 is 22.4 Å². The third-order valence-electron chi connectivity index (χ3n) is 4.11. The molecule has 3 aromatic rings. The highest BCUT2D eigenvalue weighted by molar-refractivity contribution is 7.16. The zero-order valence-corrected chi connectivity index (χ0v) is 15.3. The van der Waals surface area contributed by atoms with Gasteiger partial charge in [0.1, 0.15) is 5.82 Å². The van der Waals surface area contributed by atoms with E-state index in [1.54, 1.807) is 19.1 Å². The van der Waals surface area contributed by atoms with Gasteiger partial charge in [0.15, 0.2) is 5.13 Å². The summed E-state index contributed by atoms with van der Waals surface area (Å²) in [6.07, 6.45) is 0. The summed E-state index contributed by atoms with van der Waals surface area (Å²) >= 11 is 1.51. The minimum absolute atomic E-state index is 0.249. The number of rotatable bonds is 6. The highest BCUT2D eigenvalue weighted by atomic mass is 32.1. The van der Waals surface area contributed by atoms with Crippen LogP contribution in [0.25, 0.3) is 22.4 Å². The van der Waals surface area contributed by atoms with E-state index in [9.17, 15) is 9.18 Å². The number of nitrogens with zero attached hydrogens (tertiary/aromatic N) is 1. The van der Waals surface area contributed by atoms with Crippen molar-refractivity contribution in [1.29, 1.82) is 0 Å². The Morgan fingerprint density at radius 2 is 1.65 bits per heavy atom. The lowest BCUT2D eigenvalue weighted by molar-refractivity contribution is -0.140. The molecule has 6 heteroatoms. The molecule has 0 saturated heterocycles. The highest BCUT2D eigenvalue weighted by Gasteiger charge is 2.14. The van der Waals surface area contributed by atoms with E-state index in [0.29, 0.717) is 11.7 Å². The van der Waals surface area contributed by atoms with E-state index < -0.39 is 11.9 Å². The molecule has 0 saturated carbocycles. The Morgan fingerprint density at radius 1 is 1.12 bits per heavy atom. The molecule has 0 amide bonds. The molecule has 0 radical (unpaired) electrons. The second-order valence-electron chi connectivity index (χ2n) is 6.13. The first-order valence-corrected chi connectivity index (χ1v) is 9.06. The van der Waals surface area contributed by atoms with E-state index in [2.05, 4.69) is 10.3 Å². The number of hydrogen-bond acceptors (Lipinski definition) is 4. The Hall–Kier alpha value is -2.73. The summed E-state index contributed by atoms with van der Waals surface area (Å²) in [5.41, 5.74) is 3.84. The number of carboxylic acid groups (broad SMARTS) is 1. The number of thiazole rings is 1. The Labute approximate surface area is 155 Å². The molecule has 0 spiro atoms. The van der Waals surface area contributed by atoms with Crippen LogP contribution in [-0.4, -0.2) is 22.6 Å². The zero-order valence-electron chi connectivity index (χ0n) is 14.5. The van der Waals surface area contributed by atoms with E-state index in [0.717, 1.165) is 27.3 Å². The Kier molecular flexibility index (Phi) is 5.32. The molecule has 1 aromatic heterocycles. The minimum atomic E-state index is -0.831. The minimum Gasteiger partial charge on any atom is -0.481 e. The fraction of sp³-hybridized carbons (Fsp3) is 0.200. The van der Waals surface area contributed by atoms with Gasteiger partial charge in [0.25, 0.3) is 0 Å². The molecule has 0 fully saturated rings. The number of hydrogen-bond donors (Lipinski definition) is 2. The molecule has 1 heterocycles. The predicted molar refractivity (Wildman–Crippen MR) is 103 cm³/mol. The van der Waals surface area contributed by atoms with Crippen molar-refractivity contribution in [3.8, 4) is 22.4 Å². The molecule has 2 aromatic carbocycles. The first-order chi connectivity index (χ1) is 12.4. The van der Waals surface area contributed by atoms with E-state index in [1.807, 2.05) is 31.2 Å². The summed E-state index contributed by atoms with van der Waals surface area (Å²) in [6.45, 7) is 3.99. The quantitative estimate of drug-likeness (QED) is 0.637. The van der Waals surface area contributed by atoms with Gasteiger partial charge in [-0.1, -0.05) is 43.3 Å². The van der Waals surface area contributed by atoms with Crippen LogP contribution in [0.4, 0.5) is 9.52 Å². The van der Waals surface area contributed by atoms with Gasteiger partial charge in [-0.15, -0.1) is 11.3 Å². The second kappa shape index (κ2) is 7.66. The van der Waals surface area contributed by atoms with Crippen LogP contribution in [0.2, 0.25) is 0 Å². The summed E-state index contributed by atoms with van der Waals surface area (Å²) in [7, 11) is 0. The van der Waals surface area contributed by atoms with Crippen LogP contribution in [0.5, 0.6) is 0 Å². The van der Waals surface area contributed by atoms with Gasteiger partial charge < -0.3 is 10.4 Å². The highest BCUT2D eigenvalue weighted by Crippen LogP contribution is 2.32. The summed E-state index contributed by atoms with van der Waals surface area (Å²) in [6, 6.07) is 14.4. The molecule has 134 valence electrons. The number of anilines is 1. The van der Waals surface area contributed by atoms with Crippen molar-refractivity contribution < 1.29 is 14.3 Å². The van der Waals surface area contributed by atoms with Gasteiger partial charge in [0.2, 0.25) is 0 Å². The van der Waals surface area contributed by atoms with Crippen LogP contribution >= 0.6 is 11.3 Å². The average Bonchev–Trinajstić information content (AvgIpc) is 3.01. The van der Waals surface area contributed by atoms with Crippen molar-refractivity contribution in [2.24, 2.45) is 5.92 Å². The molecule has 4 nitrogen and oxygen atoms in total. The maximum absolute atomic E-state index is 13.0. The molecule has 0 aliphatic rings. The molecule has 26 heavy (non-hydrogen) atoms. The second-order valence-corrected chi connectivity index (χ2v) is 7.33. The third-order valence-corrected chi connectivity index (χ3v) is 5.04. The lowest BCUT2D eigenvalue weighted by atomic mass is 10.0. The van der Waals surface area contributed by atoms with Crippen molar-refractivity contribution in [1.82, 2.24) is 4.98 Å². The van der Waals surface area contributed by atoms with Crippen LogP contribution in [0.1, 0.15) is 11.8 Å². The van der Waals surface area contributed by atoms with Crippen LogP contribution in [-0.2, 0) is 4.79 Å². The summed E-state index contributed by atoms with van der Waals surface area (Å²) in [4.78, 5) is 16.6. The van der Waals surface area contributed by atoms with E-state index >= 15 is 0 Å². The molecule has 0 aliphatic carbocycles. The maximum Gasteiger partial charge on any atom is 0.308 e. The summed E-state index contributed by atoms with van der Waals surface area (Å²) in [5.74, 6) is -1.55. The first kappa shape index (κ1) is 18.1. The molecule has 3 rings (SSSR count). The fourth-order valence-electron chi connectivity index (χ4n) is 2.53. The molecule has 0 bridgehead atoms. The maximum atomic E-state index is 13.0. The lowest BCUT2D eigenvalue weighted by Crippen LogP contribution is -2.19. The normalized spacial score (nSPS) is 12.0. The monoisotopic (exact) mass is 370 g/mol. The first-order valence-electron chi connectivity index (χ1n) is 8.24. The van der Waals surface area contributed by atoms with Crippen LogP contribution < -0.4 is 5.32 Å². The largest absolute Gasteiger partial charge is 0.481 e. The van der Waals surface area contributed by atoms with Gasteiger partial charge in [-0.3, -0.25) is 4.79 Å². The van der Waals surface area contributed by atoms with E-state index in [-0.39, 0.29) is 5.82 Å². The average molecular weight is 370 g/mol. The number of carbonyl (C=O) groups is 1. The lowest BCUT2D eigenvalue weighted by Gasteiger charge is -2.06. The summed E-state index contributed by atoms with van der Waals surface area (Å²) < 4.78 is 13.0. The fourth-order valence-corrected chi connectivity index (χ4v) is 3.37. The number of halogens is 1. The van der Waals surface area contributed by atoms with Gasteiger partial charge in [-0.25, -0.2) is 9.37 Å². The number of benzene rings is 2. The molecular formula is C20H19FN2O2S. The third kappa shape index (κ3) is 4.08. The van der Waals surface area contributed by atoms with E-state index in [4.69, 9.17) is 5.11 Å². The number of aromatic nitrogens is 1. The number of aryl methyl sites for hydroxylation is 1. The van der Waals surface area contributed by atoms with E-state index in [1.165, 1.54) is 23.5 Å². The molecule has 0 aliphatic heterocycles. The molecule has 1 atom stereocenters. The molecule has 2 N–H and O–H groups in total.